The van der Waals surface area contributed by atoms with E-state index in [1.165, 1.54) is 13.8 Å². The maximum atomic E-state index is 13.2. The fourth-order valence-corrected chi connectivity index (χ4v) is 3.81. The number of carboxylic acids is 1. The number of para-hydroxylation sites is 2. The maximum absolute atomic E-state index is 13.2. The van der Waals surface area contributed by atoms with Crippen LogP contribution < -0.4 is 4.74 Å². The van der Waals surface area contributed by atoms with Gasteiger partial charge in [0.05, 0.1) is 11.0 Å². The van der Waals surface area contributed by atoms with Gasteiger partial charge in [-0.3, -0.25) is 4.79 Å². The predicted molar refractivity (Wildman–Crippen MR) is 131 cm³/mol. The van der Waals surface area contributed by atoms with Crippen LogP contribution in [0, 0.1) is 6.92 Å². The molecule has 1 N–H and O–H groups in total. The molecule has 4 aromatic rings. The Kier molecular flexibility index (Phi) is 6.50. The molecule has 0 aliphatic heterocycles. The third kappa shape index (κ3) is 5.01. The lowest BCUT2D eigenvalue weighted by Crippen LogP contribution is -2.37. The highest BCUT2D eigenvalue weighted by Gasteiger charge is 2.29. The zero-order chi connectivity index (χ0) is 24.3. The largest absolute Gasteiger partial charge is 0.478 e. The van der Waals surface area contributed by atoms with Gasteiger partial charge in [-0.15, -0.1) is 0 Å². The second-order valence-corrected chi connectivity index (χ2v) is 8.94. The molecular weight excluding hydrogens is 428 g/mol. The number of hydrogen-bond acceptors (Lipinski definition) is 4. The van der Waals surface area contributed by atoms with Crippen LogP contribution in [-0.4, -0.2) is 32.0 Å². The molecule has 0 fully saturated rings. The van der Waals surface area contributed by atoms with Crippen molar-refractivity contribution in [2.45, 2.75) is 45.8 Å². The summed E-state index contributed by atoms with van der Waals surface area (Å²) in [6.07, 6.45) is 1.61. The Bertz CT molecular complexity index is 1320. The summed E-state index contributed by atoms with van der Waals surface area (Å²) in [4.78, 5) is 29.2. The van der Waals surface area contributed by atoms with Crippen LogP contribution in [0.2, 0.25) is 0 Å². The molecule has 6 nitrogen and oxygen atoms in total. The van der Waals surface area contributed by atoms with Gasteiger partial charge in [-0.05, 0) is 63.4 Å². The van der Waals surface area contributed by atoms with Gasteiger partial charge in [0, 0.05) is 12.1 Å². The van der Waals surface area contributed by atoms with Crippen LogP contribution in [0.3, 0.4) is 0 Å². The van der Waals surface area contributed by atoms with Crippen molar-refractivity contribution in [3.8, 4) is 5.75 Å². The molecule has 4 rings (SSSR count). The normalized spacial score (nSPS) is 11.5. The lowest BCUT2D eigenvalue weighted by atomic mass is 10.1. The summed E-state index contributed by atoms with van der Waals surface area (Å²) in [5, 5.41) is 9.23. The minimum Gasteiger partial charge on any atom is -0.478 e. The van der Waals surface area contributed by atoms with Crippen molar-refractivity contribution in [1.29, 1.82) is 0 Å². The van der Waals surface area contributed by atoms with Gasteiger partial charge in [-0.1, -0.05) is 54.1 Å². The zero-order valence-electron chi connectivity index (χ0n) is 19.6. The standard InChI is InChI=1S/C28H28N2O4/c1-19-10-14-21(15-11-19)25(31)26-29-23-8-4-5-9-24(23)30(26)18-6-7-20-12-16-22(17-13-20)34-28(2,3)27(32)33/h4-5,8-17H,6-7,18H2,1-3H3,(H,32,33). The van der Waals surface area contributed by atoms with Gasteiger partial charge in [-0.2, -0.15) is 0 Å². The van der Waals surface area contributed by atoms with Crippen LogP contribution in [0.15, 0.2) is 72.8 Å². The van der Waals surface area contributed by atoms with E-state index in [1.54, 1.807) is 12.1 Å². The molecule has 0 unspecified atom stereocenters. The second kappa shape index (κ2) is 9.51. The van der Waals surface area contributed by atoms with Crippen LogP contribution in [0.25, 0.3) is 11.0 Å². The Labute approximate surface area is 198 Å². The van der Waals surface area contributed by atoms with E-state index in [1.807, 2.05) is 72.2 Å². The summed E-state index contributed by atoms with van der Waals surface area (Å²) < 4.78 is 7.58. The highest BCUT2D eigenvalue weighted by molar-refractivity contribution is 6.08. The smallest absolute Gasteiger partial charge is 0.347 e. The number of carboxylic acid groups (broad SMARTS) is 1. The van der Waals surface area contributed by atoms with Crippen molar-refractivity contribution in [1.82, 2.24) is 9.55 Å². The molecule has 0 radical (unpaired) electrons. The van der Waals surface area contributed by atoms with Crippen LogP contribution in [0.5, 0.6) is 5.75 Å². The average Bonchev–Trinajstić information content (AvgIpc) is 3.18. The van der Waals surface area contributed by atoms with Gasteiger partial charge >= 0.3 is 5.97 Å². The van der Waals surface area contributed by atoms with Crippen molar-refractivity contribution in [3.05, 3.63) is 95.3 Å². The van der Waals surface area contributed by atoms with Gasteiger partial charge in [0.1, 0.15) is 5.75 Å². The number of benzene rings is 3. The van der Waals surface area contributed by atoms with E-state index in [0.717, 1.165) is 35.0 Å². The Hall–Kier alpha value is -3.93. The summed E-state index contributed by atoms with van der Waals surface area (Å²) in [6.45, 7) is 5.69. The van der Waals surface area contributed by atoms with Gasteiger partial charge in [-0.25, -0.2) is 9.78 Å². The predicted octanol–water partition coefficient (Wildman–Crippen LogP) is 5.45. The fourth-order valence-electron chi connectivity index (χ4n) is 3.81. The number of aromatic nitrogens is 2. The number of rotatable bonds is 9. The lowest BCUT2D eigenvalue weighted by Gasteiger charge is -2.21. The number of ketones is 1. The first-order valence-electron chi connectivity index (χ1n) is 11.3. The molecule has 0 amide bonds. The molecule has 0 saturated carbocycles. The van der Waals surface area contributed by atoms with E-state index in [0.29, 0.717) is 23.7 Å². The van der Waals surface area contributed by atoms with Gasteiger partial charge in [0.25, 0.3) is 0 Å². The van der Waals surface area contributed by atoms with E-state index < -0.39 is 11.6 Å². The first kappa shape index (κ1) is 23.2. The number of carbonyl (C=O) groups is 2. The van der Waals surface area contributed by atoms with Crippen molar-refractivity contribution >= 4 is 22.8 Å². The van der Waals surface area contributed by atoms with Crippen LogP contribution in [-0.2, 0) is 17.8 Å². The molecule has 1 heterocycles. The van der Waals surface area contributed by atoms with E-state index in [-0.39, 0.29) is 5.78 Å². The Morgan fingerprint density at radius 1 is 0.971 bits per heavy atom. The van der Waals surface area contributed by atoms with Crippen molar-refractivity contribution in [2.24, 2.45) is 0 Å². The molecule has 0 atom stereocenters. The fraction of sp³-hybridized carbons (Fsp3) is 0.250. The summed E-state index contributed by atoms with van der Waals surface area (Å²) >= 11 is 0. The van der Waals surface area contributed by atoms with E-state index in [9.17, 15) is 14.7 Å². The molecule has 3 aromatic carbocycles. The SMILES string of the molecule is Cc1ccc(C(=O)c2nc3ccccc3n2CCCc2ccc(OC(C)(C)C(=O)O)cc2)cc1. The summed E-state index contributed by atoms with van der Waals surface area (Å²) in [6, 6.07) is 22.8. The molecule has 0 spiro atoms. The minimum absolute atomic E-state index is 0.0845. The van der Waals surface area contributed by atoms with Gasteiger partial charge in [0.15, 0.2) is 11.4 Å². The quantitative estimate of drug-likeness (QED) is 0.339. The first-order valence-corrected chi connectivity index (χ1v) is 11.3. The number of hydrogen-bond donors (Lipinski definition) is 1. The molecule has 174 valence electrons. The number of fused-ring (bicyclic) bond motifs is 1. The van der Waals surface area contributed by atoms with E-state index in [2.05, 4.69) is 4.98 Å². The molecule has 0 aliphatic carbocycles. The Morgan fingerprint density at radius 3 is 2.32 bits per heavy atom. The molecule has 6 heteroatoms. The number of ether oxygens (including phenoxy) is 1. The highest BCUT2D eigenvalue weighted by atomic mass is 16.5. The number of imidazole rings is 1. The Balaban J connectivity index is 1.49. The van der Waals surface area contributed by atoms with Crippen LogP contribution in [0.4, 0.5) is 0 Å². The summed E-state index contributed by atoms with van der Waals surface area (Å²) in [5.74, 6) is -0.133. The topological polar surface area (TPSA) is 81.4 Å². The number of nitrogens with zero attached hydrogens (tertiary/aromatic N) is 2. The lowest BCUT2D eigenvalue weighted by molar-refractivity contribution is -0.152. The zero-order valence-corrected chi connectivity index (χ0v) is 19.6. The number of aryl methyl sites for hydroxylation is 3. The maximum Gasteiger partial charge on any atom is 0.347 e. The third-order valence-corrected chi connectivity index (χ3v) is 5.83. The minimum atomic E-state index is -1.29. The van der Waals surface area contributed by atoms with Crippen LogP contribution in [0.1, 0.15) is 47.6 Å². The van der Waals surface area contributed by atoms with Crippen molar-refractivity contribution in [2.75, 3.05) is 0 Å². The van der Waals surface area contributed by atoms with Crippen molar-refractivity contribution in [3.63, 3.8) is 0 Å². The second-order valence-electron chi connectivity index (χ2n) is 8.94. The highest BCUT2D eigenvalue weighted by Crippen LogP contribution is 2.22. The summed E-state index contributed by atoms with van der Waals surface area (Å²) in [7, 11) is 0. The molecule has 34 heavy (non-hydrogen) atoms. The number of aliphatic carboxylic acids is 1. The molecule has 0 aliphatic rings. The Morgan fingerprint density at radius 2 is 1.65 bits per heavy atom. The molecule has 1 aromatic heterocycles. The average molecular weight is 457 g/mol. The van der Waals surface area contributed by atoms with E-state index in [4.69, 9.17) is 4.74 Å². The van der Waals surface area contributed by atoms with Gasteiger partial charge < -0.3 is 14.4 Å². The van der Waals surface area contributed by atoms with E-state index >= 15 is 0 Å². The number of carbonyl (C=O) groups excluding carboxylic acids is 1. The molecule has 0 bridgehead atoms. The summed E-state index contributed by atoms with van der Waals surface area (Å²) in [5.41, 5.74) is 3.30. The van der Waals surface area contributed by atoms with Crippen molar-refractivity contribution < 1.29 is 19.4 Å². The van der Waals surface area contributed by atoms with Crippen LogP contribution >= 0.6 is 0 Å². The third-order valence-electron chi connectivity index (χ3n) is 5.83. The monoisotopic (exact) mass is 456 g/mol. The molecule has 0 saturated heterocycles. The molecular formula is C28H28N2O4. The van der Waals surface area contributed by atoms with Gasteiger partial charge in [0.2, 0.25) is 5.78 Å². The first-order chi connectivity index (χ1) is 16.2.